The first-order valence-corrected chi connectivity index (χ1v) is 11.0. The molecule has 0 amide bonds. The van der Waals surface area contributed by atoms with Gasteiger partial charge >= 0.3 is 0 Å². The van der Waals surface area contributed by atoms with Crippen molar-refractivity contribution in [1.29, 1.82) is 0 Å². The third-order valence-corrected chi connectivity index (χ3v) is 9.10. The van der Waals surface area contributed by atoms with Gasteiger partial charge in [0.2, 0.25) is 0 Å². The summed E-state index contributed by atoms with van der Waals surface area (Å²) < 4.78 is 6.13. The van der Waals surface area contributed by atoms with E-state index in [2.05, 4.69) is 58.1 Å². The number of hydrogen-bond donors (Lipinski definition) is 1. The summed E-state index contributed by atoms with van der Waals surface area (Å²) >= 11 is 0. The first kappa shape index (κ1) is 18.4. The van der Waals surface area contributed by atoms with E-state index in [4.69, 9.17) is 4.43 Å². The van der Waals surface area contributed by atoms with Crippen LogP contribution in [0.1, 0.15) is 45.6 Å². The van der Waals surface area contributed by atoms with Gasteiger partial charge in [0.1, 0.15) is 0 Å². The summed E-state index contributed by atoms with van der Waals surface area (Å²) in [4.78, 5) is 0. The number of hydrogen-bond acceptors (Lipinski definition) is 2. The Balaban J connectivity index is 2.18. The molecule has 0 aliphatic rings. The Morgan fingerprint density at radius 3 is 2.29 bits per heavy atom. The highest BCUT2D eigenvalue weighted by Gasteiger charge is 2.36. The summed E-state index contributed by atoms with van der Waals surface area (Å²) in [5.74, 6) is 0. The van der Waals surface area contributed by atoms with E-state index in [1.807, 2.05) is 6.07 Å². The fraction of sp³-hybridized carbons (Fsp3) is 0.667. The molecule has 0 heterocycles. The monoisotopic (exact) mass is 308 g/mol. The minimum Gasteiger partial charge on any atom is -0.417 e. The lowest BCUT2D eigenvalue weighted by Gasteiger charge is -2.36. The van der Waals surface area contributed by atoms with Gasteiger partial charge < -0.3 is 9.53 Å². The normalized spacial score (nSPS) is 14.2. The van der Waals surface area contributed by atoms with Gasteiger partial charge in [-0.2, -0.15) is 0 Å². The molecule has 1 unspecified atom stereocenters. The van der Waals surface area contributed by atoms with E-state index < -0.39 is 8.32 Å². The van der Waals surface area contributed by atoms with Crippen LogP contribution in [0, 0.1) is 0 Å². The lowest BCUT2D eigenvalue weighted by Crippen LogP contribution is -2.41. The van der Waals surface area contributed by atoms with E-state index in [9.17, 15) is 5.11 Å². The van der Waals surface area contributed by atoms with Gasteiger partial charge in [-0.15, -0.1) is 0 Å². The van der Waals surface area contributed by atoms with E-state index >= 15 is 0 Å². The Morgan fingerprint density at radius 2 is 1.71 bits per heavy atom. The van der Waals surface area contributed by atoms with Crippen LogP contribution < -0.4 is 0 Å². The molecule has 0 spiro atoms. The van der Waals surface area contributed by atoms with Crippen LogP contribution in [0.4, 0.5) is 0 Å². The van der Waals surface area contributed by atoms with Gasteiger partial charge in [-0.25, -0.2) is 0 Å². The number of aliphatic hydroxyl groups excluding tert-OH is 1. The summed E-state index contributed by atoms with van der Waals surface area (Å²) in [5, 5.41) is 10.3. The molecule has 1 atom stereocenters. The van der Waals surface area contributed by atoms with E-state index in [0.29, 0.717) is 0 Å². The molecule has 0 aliphatic carbocycles. The molecule has 1 rings (SSSR count). The van der Waals surface area contributed by atoms with Crippen LogP contribution >= 0.6 is 0 Å². The molecule has 0 bridgehead atoms. The summed E-state index contributed by atoms with van der Waals surface area (Å²) in [6.07, 6.45) is 3.35. The van der Waals surface area contributed by atoms with E-state index in [1.165, 1.54) is 5.56 Å². The quantitative estimate of drug-likeness (QED) is 0.553. The third kappa shape index (κ3) is 6.77. The second-order valence-electron chi connectivity index (χ2n) is 7.43. The smallest absolute Gasteiger partial charge is 0.191 e. The minimum atomic E-state index is -1.63. The average Bonchev–Trinajstić information content (AvgIpc) is 2.41. The summed E-state index contributed by atoms with van der Waals surface area (Å²) in [6.45, 7) is 12.1. The molecular formula is C18H32O2Si. The summed E-state index contributed by atoms with van der Waals surface area (Å²) in [5.41, 5.74) is 1.30. The van der Waals surface area contributed by atoms with Crippen LogP contribution in [0.25, 0.3) is 0 Å². The Kier molecular flexibility index (Phi) is 7.11. The topological polar surface area (TPSA) is 29.5 Å². The molecule has 21 heavy (non-hydrogen) atoms. The van der Waals surface area contributed by atoms with Crippen LogP contribution in [0.3, 0.4) is 0 Å². The Morgan fingerprint density at radius 1 is 1.10 bits per heavy atom. The van der Waals surface area contributed by atoms with Crippen molar-refractivity contribution in [2.24, 2.45) is 0 Å². The first-order chi connectivity index (χ1) is 9.72. The number of rotatable bonds is 8. The van der Waals surface area contributed by atoms with E-state index in [1.54, 1.807) is 0 Å². The van der Waals surface area contributed by atoms with Crippen molar-refractivity contribution in [1.82, 2.24) is 0 Å². The molecule has 3 heteroatoms. The molecule has 0 saturated carbocycles. The molecule has 0 radical (unpaired) electrons. The maximum absolute atomic E-state index is 10.1. The van der Waals surface area contributed by atoms with Crippen molar-refractivity contribution < 1.29 is 9.53 Å². The second kappa shape index (κ2) is 8.11. The van der Waals surface area contributed by atoms with Crippen molar-refractivity contribution in [3.05, 3.63) is 35.9 Å². The van der Waals surface area contributed by atoms with Gasteiger partial charge in [-0.3, -0.25) is 0 Å². The third-order valence-electron chi connectivity index (χ3n) is 4.56. The zero-order chi connectivity index (χ0) is 15.9. The number of aliphatic hydroxyl groups is 1. The Bertz CT molecular complexity index is 395. The Hall–Kier alpha value is -0.643. The minimum absolute atomic E-state index is 0.215. The Labute approximate surface area is 131 Å². The van der Waals surface area contributed by atoms with Gasteiger partial charge in [0, 0.05) is 6.61 Å². The lowest BCUT2D eigenvalue weighted by atomic mass is 10.0. The van der Waals surface area contributed by atoms with E-state index in [-0.39, 0.29) is 11.1 Å². The van der Waals surface area contributed by atoms with Gasteiger partial charge in [-0.1, -0.05) is 51.1 Å². The largest absolute Gasteiger partial charge is 0.417 e. The zero-order valence-electron chi connectivity index (χ0n) is 14.4. The predicted octanol–water partition coefficient (Wildman–Crippen LogP) is 4.78. The SMILES string of the molecule is CC(C)(C)[Si](C)(C)OCCCC(O)CCc1ccccc1. The van der Waals surface area contributed by atoms with E-state index in [0.717, 1.165) is 32.3 Å². The lowest BCUT2D eigenvalue weighted by molar-refractivity contribution is 0.142. The molecule has 1 aromatic carbocycles. The van der Waals surface area contributed by atoms with Crippen LogP contribution in [0.5, 0.6) is 0 Å². The van der Waals surface area contributed by atoms with Crippen LogP contribution in [0.15, 0.2) is 30.3 Å². The van der Waals surface area contributed by atoms with Gasteiger partial charge in [0.05, 0.1) is 6.10 Å². The van der Waals surface area contributed by atoms with Gasteiger partial charge in [0.25, 0.3) is 0 Å². The predicted molar refractivity (Wildman–Crippen MR) is 93.2 cm³/mol. The molecular weight excluding hydrogens is 276 g/mol. The maximum atomic E-state index is 10.1. The molecule has 1 N–H and O–H groups in total. The fourth-order valence-corrected chi connectivity index (χ4v) is 3.07. The summed E-state index contributed by atoms with van der Waals surface area (Å²) in [6, 6.07) is 10.4. The number of aryl methyl sites for hydroxylation is 1. The zero-order valence-corrected chi connectivity index (χ0v) is 15.4. The first-order valence-electron chi connectivity index (χ1n) is 8.08. The molecule has 2 nitrogen and oxygen atoms in total. The molecule has 1 aromatic rings. The van der Waals surface area contributed by atoms with Crippen LogP contribution in [-0.4, -0.2) is 26.1 Å². The van der Waals surface area contributed by atoms with Crippen LogP contribution in [0.2, 0.25) is 18.1 Å². The summed E-state index contributed by atoms with van der Waals surface area (Å²) in [7, 11) is -1.63. The number of benzene rings is 1. The standard InChI is InChI=1S/C18H32O2Si/c1-18(2,3)21(4,5)20-15-9-12-17(19)14-13-16-10-7-6-8-11-16/h6-8,10-11,17,19H,9,12-15H2,1-5H3. The van der Waals surface area contributed by atoms with Gasteiger partial charge in [0.15, 0.2) is 8.32 Å². The highest BCUT2D eigenvalue weighted by Crippen LogP contribution is 2.36. The fourth-order valence-electron chi connectivity index (χ4n) is 1.99. The average molecular weight is 309 g/mol. The maximum Gasteiger partial charge on any atom is 0.191 e. The molecule has 0 fully saturated rings. The molecule has 0 saturated heterocycles. The van der Waals surface area contributed by atoms with Crippen molar-refractivity contribution in [2.75, 3.05) is 6.61 Å². The highest BCUT2D eigenvalue weighted by molar-refractivity contribution is 6.74. The van der Waals surface area contributed by atoms with Gasteiger partial charge in [-0.05, 0) is 49.4 Å². The highest BCUT2D eigenvalue weighted by atomic mass is 28.4. The molecule has 120 valence electrons. The van der Waals surface area contributed by atoms with Crippen molar-refractivity contribution in [2.45, 2.75) is 70.7 Å². The van der Waals surface area contributed by atoms with Crippen molar-refractivity contribution in [3.63, 3.8) is 0 Å². The van der Waals surface area contributed by atoms with Crippen molar-refractivity contribution in [3.8, 4) is 0 Å². The molecule has 0 aliphatic heterocycles. The second-order valence-corrected chi connectivity index (χ2v) is 12.2. The van der Waals surface area contributed by atoms with Crippen molar-refractivity contribution >= 4 is 8.32 Å². The molecule has 0 aromatic heterocycles. The van der Waals surface area contributed by atoms with Crippen LogP contribution in [-0.2, 0) is 10.8 Å².